The van der Waals surface area contributed by atoms with Gasteiger partial charge in [0.2, 0.25) is 5.91 Å². The molecule has 1 heterocycles. The second-order valence-corrected chi connectivity index (χ2v) is 4.33. The Labute approximate surface area is 106 Å². The quantitative estimate of drug-likeness (QED) is 0.777. The molecule has 0 radical (unpaired) electrons. The lowest BCUT2D eigenvalue weighted by atomic mass is 10.5. The summed E-state index contributed by atoms with van der Waals surface area (Å²) < 4.78 is 1.62. The van der Waals surface area contributed by atoms with Crippen LogP contribution in [-0.4, -0.2) is 21.7 Å². The van der Waals surface area contributed by atoms with Crippen LogP contribution in [0.1, 0.15) is 0 Å². The molecule has 0 aliphatic heterocycles. The Morgan fingerprint density at radius 3 is 2.69 bits per heavy atom. The van der Waals surface area contributed by atoms with Crippen LogP contribution in [0.3, 0.4) is 0 Å². The topological polar surface area (TPSA) is 107 Å². The Bertz CT molecular complexity index is 499. The van der Waals surface area contributed by atoms with Crippen LogP contribution in [0.4, 0.5) is 4.79 Å². The molecule has 0 bridgehead atoms. The van der Waals surface area contributed by atoms with Crippen LogP contribution in [0.2, 0.25) is 0 Å². The van der Waals surface area contributed by atoms with Gasteiger partial charge in [0.05, 0.1) is 10.7 Å². The van der Waals surface area contributed by atoms with Gasteiger partial charge in [0.1, 0.15) is 11.0 Å². The summed E-state index contributed by atoms with van der Waals surface area (Å²) in [4.78, 5) is 33.0. The molecule has 16 heavy (non-hydrogen) atoms. The van der Waals surface area contributed by atoms with Crippen molar-refractivity contribution in [2.24, 2.45) is 5.73 Å². The standard InChI is InChI=1S/C7H6Br2N4O3/c8-3-1-11-13(6(15)5(3)9)2-4(14)12-7(10)16/h1H,2H2,(H3,10,12,14,16). The fourth-order valence-corrected chi connectivity index (χ4v) is 1.44. The molecule has 0 unspecified atom stereocenters. The number of urea groups is 1. The lowest BCUT2D eigenvalue weighted by Gasteiger charge is -2.04. The van der Waals surface area contributed by atoms with E-state index in [4.69, 9.17) is 5.73 Å². The Morgan fingerprint density at radius 1 is 1.50 bits per heavy atom. The van der Waals surface area contributed by atoms with Gasteiger partial charge < -0.3 is 5.73 Å². The molecule has 3 amide bonds. The Kier molecular flexibility index (Phi) is 4.19. The summed E-state index contributed by atoms with van der Waals surface area (Å²) in [7, 11) is 0. The molecule has 1 rings (SSSR count). The Balaban J connectivity index is 2.91. The van der Waals surface area contributed by atoms with E-state index in [-0.39, 0.29) is 11.0 Å². The van der Waals surface area contributed by atoms with Crippen LogP contribution in [-0.2, 0) is 11.3 Å². The summed E-state index contributed by atoms with van der Waals surface area (Å²) in [5.41, 5.74) is 4.25. The molecule has 0 aliphatic rings. The van der Waals surface area contributed by atoms with Crippen molar-refractivity contribution in [3.63, 3.8) is 0 Å². The minimum Gasteiger partial charge on any atom is -0.351 e. The van der Waals surface area contributed by atoms with Crippen molar-refractivity contribution in [2.45, 2.75) is 6.54 Å². The van der Waals surface area contributed by atoms with Gasteiger partial charge in [-0.2, -0.15) is 5.10 Å². The number of hydrogen-bond acceptors (Lipinski definition) is 4. The lowest BCUT2D eigenvalue weighted by molar-refractivity contribution is -0.120. The van der Waals surface area contributed by atoms with E-state index in [0.717, 1.165) is 4.68 Å². The fraction of sp³-hybridized carbons (Fsp3) is 0.143. The van der Waals surface area contributed by atoms with Gasteiger partial charge in [-0.15, -0.1) is 0 Å². The van der Waals surface area contributed by atoms with E-state index in [1.807, 2.05) is 5.32 Å². The number of nitrogens with zero attached hydrogens (tertiary/aromatic N) is 2. The number of carbonyl (C=O) groups is 2. The maximum absolute atomic E-state index is 11.5. The van der Waals surface area contributed by atoms with E-state index in [1.54, 1.807) is 0 Å². The molecular weight excluding hydrogens is 348 g/mol. The minimum atomic E-state index is -0.978. The van der Waals surface area contributed by atoms with Crippen molar-refractivity contribution in [3.05, 3.63) is 25.5 Å². The van der Waals surface area contributed by atoms with Gasteiger partial charge in [0.15, 0.2) is 0 Å². The van der Waals surface area contributed by atoms with E-state index < -0.39 is 17.5 Å². The molecule has 0 saturated heterocycles. The monoisotopic (exact) mass is 352 g/mol. The van der Waals surface area contributed by atoms with Gasteiger partial charge in [0, 0.05) is 0 Å². The number of rotatable bonds is 2. The zero-order valence-corrected chi connectivity index (χ0v) is 10.9. The van der Waals surface area contributed by atoms with E-state index in [9.17, 15) is 14.4 Å². The SMILES string of the molecule is NC(=O)NC(=O)Cn1ncc(Br)c(Br)c1=O. The summed E-state index contributed by atoms with van der Waals surface area (Å²) in [6, 6.07) is -0.978. The summed E-state index contributed by atoms with van der Waals surface area (Å²) in [6.45, 7) is -0.381. The second kappa shape index (κ2) is 5.21. The van der Waals surface area contributed by atoms with Crippen LogP contribution in [0, 0.1) is 0 Å². The maximum atomic E-state index is 11.5. The molecule has 1 aromatic heterocycles. The lowest BCUT2D eigenvalue weighted by Crippen LogP contribution is -2.39. The first-order valence-corrected chi connectivity index (χ1v) is 5.51. The highest BCUT2D eigenvalue weighted by Gasteiger charge is 2.10. The van der Waals surface area contributed by atoms with Crippen LogP contribution < -0.4 is 16.6 Å². The minimum absolute atomic E-state index is 0.245. The van der Waals surface area contributed by atoms with Crippen molar-refractivity contribution in [1.82, 2.24) is 15.1 Å². The van der Waals surface area contributed by atoms with E-state index in [0.29, 0.717) is 4.47 Å². The summed E-state index contributed by atoms with van der Waals surface area (Å²) >= 11 is 6.12. The van der Waals surface area contributed by atoms with Crippen molar-refractivity contribution in [1.29, 1.82) is 0 Å². The average Bonchev–Trinajstić information content (AvgIpc) is 2.18. The molecule has 0 atom stereocenters. The number of nitrogens with one attached hydrogen (secondary N) is 1. The zero-order valence-electron chi connectivity index (χ0n) is 7.74. The van der Waals surface area contributed by atoms with Crippen molar-refractivity contribution in [2.75, 3.05) is 0 Å². The number of hydrogen-bond donors (Lipinski definition) is 2. The van der Waals surface area contributed by atoms with Gasteiger partial charge in [-0.3, -0.25) is 14.9 Å². The van der Waals surface area contributed by atoms with Crippen LogP contribution in [0.15, 0.2) is 19.9 Å². The predicted molar refractivity (Wildman–Crippen MR) is 61.6 cm³/mol. The molecule has 0 aromatic carbocycles. The molecule has 0 fully saturated rings. The molecule has 0 saturated carbocycles. The molecule has 7 nitrogen and oxygen atoms in total. The third kappa shape index (κ3) is 3.14. The second-order valence-electron chi connectivity index (χ2n) is 2.68. The van der Waals surface area contributed by atoms with Crippen LogP contribution >= 0.6 is 31.9 Å². The van der Waals surface area contributed by atoms with Crippen LogP contribution in [0.5, 0.6) is 0 Å². The first kappa shape index (κ1) is 12.8. The van der Waals surface area contributed by atoms with Gasteiger partial charge >= 0.3 is 6.03 Å². The zero-order chi connectivity index (χ0) is 12.3. The Hall–Kier alpha value is -1.22. The summed E-state index contributed by atoms with van der Waals surface area (Å²) in [5.74, 6) is -0.712. The molecule has 86 valence electrons. The van der Waals surface area contributed by atoms with Gasteiger partial charge in [0.25, 0.3) is 5.56 Å². The van der Waals surface area contributed by atoms with E-state index >= 15 is 0 Å². The molecule has 3 N–H and O–H groups in total. The normalized spacial score (nSPS) is 9.88. The number of primary amides is 1. The maximum Gasteiger partial charge on any atom is 0.318 e. The molecular formula is C7H6Br2N4O3. The highest BCUT2D eigenvalue weighted by atomic mass is 79.9. The van der Waals surface area contributed by atoms with Crippen molar-refractivity contribution >= 4 is 43.8 Å². The number of aromatic nitrogens is 2. The molecule has 0 spiro atoms. The van der Waals surface area contributed by atoms with E-state index in [1.165, 1.54) is 6.20 Å². The third-order valence-electron chi connectivity index (χ3n) is 1.50. The van der Waals surface area contributed by atoms with E-state index in [2.05, 4.69) is 37.0 Å². The average molecular weight is 354 g/mol. The summed E-state index contributed by atoms with van der Waals surface area (Å²) in [5, 5.41) is 5.53. The van der Waals surface area contributed by atoms with Gasteiger partial charge in [-0.25, -0.2) is 9.48 Å². The molecule has 0 aliphatic carbocycles. The Morgan fingerprint density at radius 2 is 2.12 bits per heavy atom. The number of imide groups is 1. The highest BCUT2D eigenvalue weighted by Crippen LogP contribution is 2.16. The molecule has 1 aromatic rings. The fourth-order valence-electron chi connectivity index (χ4n) is 0.871. The first-order chi connectivity index (χ1) is 7.41. The number of carbonyl (C=O) groups excluding carboxylic acids is 2. The largest absolute Gasteiger partial charge is 0.351 e. The smallest absolute Gasteiger partial charge is 0.318 e. The van der Waals surface area contributed by atoms with Crippen molar-refractivity contribution in [3.8, 4) is 0 Å². The third-order valence-corrected chi connectivity index (χ3v) is 3.40. The number of nitrogens with two attached hydrogens (primary N) is 1. The van der Waals surface area contributed by atoms with Gasteiger partial charge in [-0.05, 0) is 31.9 Å². The van der Waals surface area contributed by atoms with Gasteiger partial charge in [-0.1, -0.05) is 0 Å². The number of halogens is 2. The van der Waals surface area contributed by atoms with Crippen molar-refractivity contribution < 1.29 is 9.59 Å². The first-order valence-electron chi connectivity index (χ1n) is 3.92. The van der Waals surface area contributed by atoms with Crippen LogP contribution in [0.25, 0.3) is 0 Å². The number of amides is 3. The predicted octanol–water partition coefficient (Wildman–Crippen LogP) is -0.0368. The highest BCUT2D eigenvalue weighted by molar-refractivity contribution is 9.13. The molecule has 9 heteroatoms. The summed E-state index contributed by atoms with van der Waals surface area (Å²) in [6.07, 6.45) is 1.35.